The van der Waals surface area contributed by atoms with Crippen LogP contribution in [0, 0.1) is 6.92 Å². The molecule has 2 N–H and O–H groups in total. The van der Waals surface area contributed by atoms with Crippen LogP contribution in [0.2, 0.25) is 0 Å². The molecule has 82 valence electrons. The fourth-order valence-corrected chi connectivity index (χ4v) is 1.14. The van der Waals surface area contributed by atoms with E-state index in [0.717, 1.165) is 6.07 Å². The Balaban J connectivity index is 2.96. The second-order valence-electron chi connectivity index (χ2n) is 3.17. The first kappa shape index (κ1) is 11.4. The maximum Gasteiger partial charge on any atom is 0.272 e. The highest BCUT2D eigenvalue weighted by Crippen LogP contribution is 1.97. The Labute approximate surface area is 86.6 Å². The zero-order valence-corrected chi connectivity index (χ0v) is 8.65. The lowest BCUT2D eigenvalue weighted by Crippen LogP contribution is -2.31. The standard InChI is InChI=1S/C9H13N3O3/c1-6-10-7(5-8(14)11-6)9(15)12(2)3-4-13/h5,13H,3-4H2,1-2H3,(H,10,11,14). The molecule has 0 aliphatic rings. The molecule has 0 saturated carbocycles. The van der Waals surface area contributed by atoms with Gasteiger partial charge in [-0.3, -0.25) is 9.59 Å². The van der Waals surface area contributed by atoms with Gasteiger partial charge in [-0.15, -0.1) is 0 Å². The van der Waals surface area contributed by atoms with Crippen molar-refractivity contribution in [1.82, 2.24) is 14.9 Å². The summed E-state index contributed by atoms with van der Waals surface area (Å²) in [5, 5.41) is 8.66. The zero-order chi connectivity index (χ0) is 11.4. The molecule has 0 aliphatic carbocycles. The van der Waals surface area contributed by atoms with Gasteiger partial charge in [-0.25, -0.2) is 4.98 Å². The molecule has 1 heterocycles. The minimum Gasteiger partial charge on any atom is -0.395 e. The maximum absolute atomic E-state index is 11.6. The van der Waals surface area contributed by atoms with E-state index in [1.807, 2.05) is 0 Å². The van der Waals surface area contributed by atoms with Gasteiger partial charge in [-0.1, -0.05) is 0 Å². The molecular weight excluding hydrogens is 198 g/mol. The van der Waals surface area contributed by atoms with Crippen molar-refractivity contribution in [3.8, 4) is 0 Å². The van der Waals surface area contributed by atoms with E-state index in [-0.39, 0.29) is 30.3 Å². The summed E-state index contributed by atoms with van der Waals surface area (Å²) in [7, 11) is 1.54. The highest BCUT2D eigenvalue weighted by Gasteiger charge is 2.13. The van der Waals surface area contributed by atoms with Crippen molar-refractivity contribution < 1.29 is 9.90 Å². The van der Waals surface area contributed by atoms with Crippen LogP contribution in [-0.2, 0) is 0 Å². The Hall–Kier alpha value is -1.69. The van der Waals surface area contributed by atoms with Gasteiger partial charge in [0.05, 0.1) is 6.61 Å². The number of likely N-dealkylation sites (N-methyl/N-ethyl adjacent to an activating group) is 1. The second kappa shape index (κ2) is 4.70. The van der Waals surface area contributed by atoms with Crippen molar-refractivity contribution in [2.24, 2.45) is 0 Å². The number of hydrogen-bond acceptors (Lipinski definition) is 4. The van der Waals surface area contributed by atoms with Crippen molar-refractivity contribution in [3.63, 3.8) is 0 Å². The van der Waals surface area contributed by atoms with Gasteiger partial charge < -0.3 is 15.0 Å². The molecule has 1 rings (SSSR count). The number of aliphatic hydroxyl groups excluding tert-OH is 1. The van der Waals surface area contributed by atoms with Gasteiger partial charge in [0.1, 0.15) is 11.5 Å². The molecule has 1 aromatic heterocycles. The third-order valence-corrected chi connectivity index (χ3v) is 1.86. The number of hydrogen-bond donors (Lipinski definition) is 2. The molecule has 0 spiro atoms. The molecule has 0 unspecified atom stereocenters. The van der Waals surface area contributed by atoms with Crippen molar-refractivity contribution >= 4 is 5.91 Å². The number of aryl methyl sites for hydroxylation is 1. The summed E-state index contributed by atoms with van der Waals surface area (Å²) in [6.07, 6.45) is 0. The predicted molar refractivity (Wildman–Crippen MR) is 53.6 cm³/mol. The third-order valence-electron chi connectivity index (χ3n) is 1.86. The second-order valence-corrected chi connectivity index (χ2v) is 3.17. The van der Waals surface area contributed by atoms with Gasteiger partial charge >= 0.3 is 0 Å². The maximum atomic E-state index is 11.6. The monoisotopic (exact) mass is 211 g/mol. The highest BCUT2D eigenvalue weighted by atomic mass is 16.3. The minimum atomic E-state index is -0.377. The van der Waals surface area contributed by atoms with E-state index < -0.39 is 0 Å². The topological polar surface area (TPSA) is 86.3 Å². The number of amides is 1. The van der Waals surface area contributed by atoms with E-state index in [2.05, 4.69) is 9.97 Å². The first-order chi connectivity index (χ1) is 7.04. The van der Waals surface area contributed by atoms with E-state index in [9.17, 15) is 9.59 Å². The average molecular weight is 211 g/mol. The van der Waals surface area contributed by atoms with Crippen molar-refractivity contribution in [2.45, 2.75) is 6.92 Å². The normalized spacial score (nSPS) is 10.1. The SMILES string of the molecule is Cc1nc(C(=O)N(C)CCO)cc(=O)[nH]1. The molecule has 0 radical (unpaired) electrons. The zero-order valence-electron chi connectivity index (χ0n) is 8.65. The van der Waals surface area contributed by atoms with Crippen LogP contribution in [0.25, 0.3) is 0 Å². The Morgan fingerprint density at radius 2 is 2.33 bits per heavy atom. The summed E-state index contributed by atoms with van der Waals surface area (Å²) in [6, 6.07) is 1.14. The molecule has 0 aromatic carbocycles. The van der Waals surface area contributed by atoms with Crippen LogP contribution in [0.4, 0.5) is 0 Å². The van der Waals surface area contributed by atoms with Gasteiger partial charge in [0.15, 0.2) is 0 Å². The number of carbonyl (C=O) groups excluding carboxylic acids is 1. The number of aromatic amines is 1. The number of nitrogens with one attached hydrogen (secondary N) is 1. The number of aliphatic hydroxyl groups is 1. The molecule has 0 bridgehead atoms. The van der Waals surface area contributed by atoms with E-state index in [0.29, 0.717) is 5.82 Å². The number of nitrogens with zero attached hydrogens (tertiary/aromatic N) is 2. The van der Waals surface area contributed by atoms with Crippen LogP contribution < -0.4 is 5.56 Å². The van der Waals surface area contributed by atoms with Crippen molar-refractivity contribution in [2.75, 3.05) is 20.2 Å². The largest absolute Gasteiger partial charge is 0.395 e. The van der Waals surface area contributed by atoms with Gasteiger partial charge in [-0.05, 0) is 6.92 Å². The number of aromatic nitrogens is 2. The first-order valence-corrected chi connectivity index (χ1v) is 4.49. The minimum absolute atomic E-state index is 0.0900. The highest BCUT2D eigenvalue weighted by molar-refractivity contribution is 5.91. The molecule has 0 fully saturated rings. The van der Waals surface area contributed by atoms with Crippen LogP contribution in [0.15, 0.2) is 10.9 Å². The molecule has 0 saturated heterocycles. The van der Waals surface area contributed by atoms with Gasteiger partial charge in [0, 0.05) is 19.7 Å². The molecule has 0 aliphatic heterocycles. The van der Waals surface area contributed by atoms with E-state index in [1.54, 1.807) is 6.92 Å². The number of H-pyrrole nitrogens is 1. The fraction of sp³-hybridized carbons (Fsp3) is 0.444. The Morgan fingerprint density at radius 1 is 1.67 bits per heavy atom. The quantitative estimate of drug-likeness (QED) is 0.681. The van der Waals surface area contributed by atoms with E-state index >= 15 is 0 Å². The molecule has 1 aromatic rings. The van der Waals surface area contributed by atoms with Gasteiger partial charge in [0.2, 0.25) is 0 Å². The van der Waals surface area contributed by atoms with Crippen LogP contribution in [0.3, 0.4) is 0 Å². The number of carbonyl (C=O) groups is 1. The van der Waals surface area contributed by atoms with E-state index in [1.165, 1.54) is 11.9 Å². The first-order valence-electron chi connectivity index (χ1n) is 4.49. The van der Waals surface area contributed by atoms with Gasteiger partial charge in [-0.2, -0.15) is 0 Å². The molecule has 1 amide bonds. The van der Waals surface area contributed by atoms with Crippen LogP contribution in [0.5, 0.6) is 0 Å². The van der Waals surface area contributed by atoms with Crippen molar-refractivity contribution in [1.29, 1.82) is 0 Å². The summed E-state index contributed by atoms with van der Waals surface area (Å²) < 4.78 is 0. The summed E-state index contributed by atoms with van der Waals surface area (Å²) >= 11 is 0. The summed E-state index contributed by atoms with van der Waals surface area (Å²) in [4.78, 5) is 30.4. The van der Waals surface area contributed by atoms with Crippen molar-refractivity contribution in [3.05, 3.63) is 27.9 Å². The lowest BCUT2D eigenvalue weighted by Gasteiger charge is -2.14. The summed E-state index contributed by atoms with van der Waals surface area (Å²) in [6.45, 7) is 1.70. The molecular formula is C9H13N3O3. The molecule has 15 heavy (non-hydrogen) atoms. The van der Waals surface area contributed by atoms with Gasteiger partial charge in [0.25, 0.3) is 11.5 Å². The summed E-state index contributed by atoms with van der Waals surface area (Å²) in [5.41, 5.74) is -0.268. The Bertz CT molecular complexity index is 413. The van der Waals surface area contributed by atoms with Crippen LogP contribution >= 0.6 is 0 Å². The molecule has 6 heteroatoms. The Kier molecular flexibility index (Phi) is 3.56. The van der Waals surface area contributed by atoms with E-state index in [4.69, 9.17) is 5.11 Å². The third kappa shape index (κ3) is 2.88. The fourth-order valence-electron chi connectivity index (χ4n) is 1.14. The lowest BCUT2D eigenvalue weighted by atomic mass is 10.3. The van der Waals surface area contributed by atoms with Crippen LogP contribution in [0.1, 0.15) is 16.3 Å². The number of rotatable bonds is 3. The molecule has 6 nitrogen and oxygen atoms in total. The average Bonchev–Trinajstić information content (AvgIpc) is 2.15. The summed E-state index contributed by atoms with van der Waals surface area (Å²) in [5.74, 6) is 0.0153. The lowest BCUT2D eigenvalue weighted by molar-refractivity contribution is 0.0760. The smallest absolute Gasteiger partial charge is 0.272 e. The predicted octanol–water partition coefficient (Wildman–Crippen LogP) is -0.857. The Morgan fingerprint density at radius 3 is 2.87 bits per heavy atom. The molecule has 0 atom stereocenters. The van der Waals surface area contributed by atoms with Crippen LogP contribution in [-0.4, -0.2) is 46.1 Å².